The lowest BCUT2D eigenvalue weighted by Crippen LogP contribution is -2.38. The maximum atomic E-state index is 14.1. The number of nitrogens with zero attached hydrogens (tertiary/aromatic N) is 2. The van der Waals surface area contributed by atoms with Crippen LogP contribution >= 0.6 is 0 Å². The van der Waals surface area contributed by atoms with E-state index in [2.05, 4.69) is 15.0 Å². The zero-order valence-electron chi connectivity index (χ0n) is 16.8. The van der Waals surface area contributed by atoms with Gasteiger partial charge in [-0.05, 0) is 48.5 Å². The zero-order valence-corrected chi connectivity index (χ0v) is 18.4. The first-order valence-electron chi connectivity index (χ1n) is 9.12. The number of benzene rings is 2. The van der Waals surface area contributed by atoms with Gasteiger partial charge in [-0.2, -0.15) is 0 Å². The largest absolute Gasteiger partial charge is 0.325 e. The van der Waals surface area contributed by atoms with Crippen LogP contribution in [0.1, 0.15) is 0 Å². The summed E-state index contributed by atoms with van der Waals surface area (Å²) >= 11 is 0. The van der Waals surface area contributed by atoms with Crippen molar-refractivity contribution in [2.75, 3.05) is 27.1 Å². The van der Waals surface area contributed by atoms with Gasteiger partial charge in [0.15, 0.2) is 0 Å². The number of nitrogens with one attached hydrogen (secondary N) is 2. The molecule has 2 N–H and O–H groups in total. The van der Waals surface area contributed by atoms with Gasteiger partial charge < -0.3 is 5.32 Å². The van der Waals surface area contributed by atoms with Crippen LogP contribution < -0.4 is 14.3 Å². The van der Waals surface area contributed by atoms with Crippen molar-refractivity contribution in [1.29, 1.82) is 0 Å². The number of hydrogen-bond donors (Lipinski definition) is 2. The summed E-state index contributed by atoms with van der Waals surface area (Å²) in [5.74, 6) is -1.37. The second kappa shape index (κ2) is 9.32. The molecule has 32 heavy (non-hydrogen) atoms. The Morgan fingerprint density at radius 1 is 0.969 bits per heavy atom. The highest BCUT2D eigenvalue weighted by Gasteiger charge is 2.23. The molecule has 1 aromatic heterocycles. The Balaban J connectivity index is 1.72. The van der Waals surface area contributed by atoms with Crippen LogP contribution in [0.3, 0.4) is 0 Å². The highest BCUT2D eigenvalue weighted by molar-refractivity contribution is 7.92. The first-order valence-corrected chi connectivity index (χ1v) is 12.5. The number of carbonyl (C=O) groups excluding carboxylic acids is 1. The summed E-state index contributed by atoms with van der Waals surface area (Å²) in [6.07, 6.45) is 2.30. The van der Waals surface area contributed by atoms with Crippen LogP contribution in [-0.4, -0.2) is 40.5 Å². The van der Waals surface area contributed by atoms with Crippen LogP contribution in [-0.2, 0) is 24.8 Å². The molecular weight excluding hydrogens is 459 g/mol. The minimum atomic E-state index is -3.94. The fourth-order valence-corrected chi connectivity index (χ4v) is 4.57. The smallest absolute Gasteiger partial charge is 0.263 e. The van der Waals surface area contributed by atoms with Gasteiger partial charge >= 0.3 is 0 Å². The van der Waals surface area contributed by atoms with Crippen molar-refractivity contribution in [2.45, 2.75) is 4.90 Å². The molecule has 9 nitrogen and oxygen atoms in total. The quantitative estimate of drug-likeness (QED) is 0.512. The molecule has 0 aliphatic carbocycles. The van der Waals surface area contributed by atoms with Crippen LogP contribution in [0, 0.1) is 5.82 Å². The number of pyridine rings is 1. The molecule has 0 saturated heterocycles. The van der Waals surface area contributed by atoms with E-state index in [1.54, 1.807) is 12.1 Å². The van der Waals surface area contributed by atoms with E-state index in [0.29, 0.717) is 4.31 Å². The fraction of sp³-hybridized carbons (Fsp3) is 0.100. The third-order valence-corrected chi connectivity index (χ3v) is 6.66. The minimum absolute atomic E-state index is 0.0646. The van der Waals surface area contributed by atoms with Crippen LogP contribution in [0.5, 0.6) is 0 Å². The molecule has 1 heterocycles. The normalized spacial score (nSPS) is 11.6. The topological polar surface area (TPSA) is 126 Å². The van der Waals surface area contributed by atoms with E-state index in [-0.39, 0.29) is 22.1 Å². The lowest BCUT2D eigenvalue weighted by molar-refractivity contribution is -0.114. The lowest BCUT2D eigenvalue weighted by atomic mass is 10.3. The maximum Gasteiger partial charge on any atom is 0.263 e. The predicted molar refractivity (Wildman–Crippen MR) is 119 cm³/mol. The fourth-order valence-electron chi connectivity index (χ4n) is 2.70. The van der Waals surface area contributed by atoms with E-state index in [4.69, 9.17) is 0 Å². The van der Waals surface area contributed by atoms with Gasteiger partial charge in [-0.15, -0.1) is 0 Å². The molecule has 0 spiro atoms. The molecule has 0 atom stereocenters. The van der Waals surface area contributed by atoms with E-state index in [1.165, 1.54) is 54.7 Å². The average molecular weight is 479 g/mol. The molecule has 0 aliphatic rings. The summed E-state index contributed by atoms with van der Waals surface area (Å²) in [5.41, 5.74) is -0.0269. The Kier molecular flexibility index (Phi) is 6.75. The first kappa shape index (κ1) is 23.2. The Labute approximate surface area is 185 Å². The summed E-state index contributed by atoms with van der Waals surface area (Å²) in [6, 6.07) is 15.2. The number of anilines is 3. The van der Waals surface area contributed by atoms with E-state index < -0.39 is 38.3 Å². The van der Waals surface area contributed by atoms with Crippen LogP contribution in [0.4, 0.5) is 21.6 Å². The third-order valence-electron chi connectivity index (χ3n) is 4.16. The molecule has 0 saturated carbocycles. The van der Waals surface area contributed by atoms with Gasteiger partial charge in [-0.3, -0.25) is 13.8 Å². The molecule has 3 aromatic rings. The Morgan fingerprint density at radius 2 is 1.62 bits per heavy atom. The SMILES string of the molecule is CS(=O)(=O)N(CC(=O)Nc1ccc(S(=O)(=O)Nc2ccccn2)cc1)c1ccccc1F. The standard InChI is InChI=1S/C20H19FN4O5S2/c1-31(27,28)25(18-7-3-2-6-17(18)21)14-20(26)23-15-9-11-16(12-10-15)32(29,30)24-19-8-4-5-13-22-19/h2-13H,14H2,1H3,(H,22,24)(H,23,26). The molecule has 0 fully saturated rings. The van der Waals surface area contributed by atoms with Crippen molar-refractivity contribution in [1.82, 2.24) is 4.98 Å². The number of hydrogen-bond acceptors (Lipinski definition) is 6. The van der Waals surface area contributed by atoms with Crippen molar-refractivity contribution in [3.05, 3.63) is 78.7 Å². The number of carbonyl (C=O) groups is 1. The van der Waals surface area contributed by atoms with Crippen LogP contribution in [0.2, 0.25) is 0 Å². The minimum Gasteiger partial charge on any atom is -0.325 e. The van der Waals surface area contributed by atoms with Gasteiger partial charge in [0.25, 0.3) is 10.0 Å². The van der Waals surface area contributed by atoms with Crippen LogP contribution in [0.25, 0.3) is 0 Å². The van der Waals surface area contributed by atoms with Gasteiger partial charge in [0.05, 0.1) is 16.8 Å². The van der Waals surface area contributed by atoms with Gasteiger partial charge in [-0.25, -0.2) is 26.2 Å². The van der Waals surface area contributed by atoms with Gasteiger partial charge in [0.1, 0.15) is 18.2 Å². The monoisotopic (exact) mass is 478 g/mol. The average Bonchev–Trinajstić information content (AvgIpc) is 2.73. The summed E-state index contributed by atoms with van der Waals surface area (Å²) in [5, 5.41) is 2.47. The van der Waals surface area contributed by atoms with Crippen molar-refractivity contribution in [3.8, 4) is 0 Å². The van der Waals surface area contributed by atoms with Gasteiger partial charge in [-0.1, -0.05) is 18.2 Å². The summed E-state index contributed by atoms with van der Waals surface area (Å²) in [4.78, 5) is 16.2. The van der Waals surface area contributed by atoms with Crippen LogP contribution in [0.15, 0.2) is 77.8 Å². The van der Waals surface area contributed by atoms with E-state index in [1.807, 2.05) is 0 Å². The predicted octanol–water partition coefficient (Wildman–Crippen LogP) is 2.43. The molecule has 12 heteroatoms. The summed E-state index contributed by atoms with van der Waals surface area (Å²) in [6.45, 7) is -0.666. The second-order valence-corrected chi connectivity index (χ2v) is 10.2. The molecule has 1 amide bonds. The third kappa shape index (κ3) is 5.80. The van der Waals surface area contributed by atoms with Crippen molar-refractivity contribution < 1.29 is 26.0 Å². The summed E-state index contributed by atoms with van der Waals surface area (Å²) in [7, 11) is -7.84. The van der Waals surface area contributed by atoms with Gasteiger partial charge in [0.2, 0.25) is 15.9 Å². The number of sulfonamides is 2. The number of halogens is 1. The molecule has 2 aromatic carbocycles. The molecule has 0 unspecified atom stereocenters. The number of amides is 1. The van der Waals surface area contributed by atoms with Gasteiger partial charge in [0, 0.05) is 11.9 Å². The Morgan fingerprint density at radius 3 is 2.22 bits per heavy atom. The molecule has 3 rings (SSSR count). The highest BCUT2D eigenvalue weighted by atomic mass is 32.2. The molecule has 0 bridgehead atoms. The van der Waals surface area contributed by atoms with Crippen molar-refractivity contribution in [2.24, 2.45) is 0 Å². The highest BCUT2D eigenvalue weighted by Crippen LogP contribution is 2.22. The number of rotatable bonds is 8. The zero-order chi connectivity index (χ0) is 23.4. The number of para-hydroxylation sites is 1. The summed E-state index contributed by atoms with van der Waals surface area (Å²) < 4.78 is 66.0. The van der Waals surface area contributed by atoms with Crippen molar-refractivity contribution in [3.63, 3.8) is 0 Å². The number of aromatic nitrogens is 1. The van der Waals surface area contributed by atoms with E-state index in [0.717, 1.165) is 12.3 Å². The van der Waals surface area contributed by atoms with E-state index in [9.17, 15) is 26.0 Å². The Bertz CT molecular complexity index is 1320. The molecule has 0 aliphatic heterocycles. The lowest BCUT2D eigenvalue weighted by Gasteiger charge is -2.22. The van der Waals surface area contributed by atoms with E-state index >= 15 is 0 Å². The molecule has 168 valence electrons. The second-order valence-electron chi connectivity index (χ2n) is 6.61. The van der Waals surface area contributed by atoms with Crippen molar-refractivity contribution >= 4 is 43.1 Å². The Hall–Kier alpha value is -3.51. The molecular formula is C20H19FN4O5S2. The first-order chi connectivity index (χ1) is 15.1. The molecule has 0 radical (unpaired) electrons. The maximum absolute atomic E-state index is 14.1.